The van der Waals surface area contributed by atoms with Gasteiger partial charge in [0, 0.05) is 19.3 Å². The van der Waals surface area contributed by atoms with Gasteiger partial charge in [-0.3, -0.25) is 0 Å². The first-order valence-corrected chi connectivity index (χ1v) is 4.85. The van der Waals surface area contributed by atoms with E-state index in [0.29, 0.717) is 17.8 Å². The van der Waals surface area contributed by atoms with Crippen molar-refractivity contribution in [2.24, 2.45) is 0 Å². The van der Waals surface area contributed by atoms with Crippen molar-refractivity contribution in [3.63, 3.8) is 0 Å². The summed E-state index contributed by atoms with van der Waals surface area (Å²) in [6.45, 7) is 0.544. The fraction of sp³-hybridized carbons (Fsp3) is 0.273. The first-order chi connectivity index (χ1) is 7.61. The molecule has 16 heavy (non-hydrogen) atoms. The van der Waals surface area contributed by atoms with Crippen LogP contribution in [0.3, 0.4) is 0 Å². The largest absolute Gasteiger partial charge is 0.465 e. The molecule has 84 valence electrons. The van der Waals surface area contributed by atoms with E-state index in [1.54, 1.807) is 24.1 Å². The number of hydrogen-bond donors (Lipinski definition) is 1. The number of methoxy groups -OCH3 is 1. The van der Waals surface area contributed by atoms with Crippen LogP contribution in [-0.2, 0) is 11.3 Å². The summed E-state index contributed by atoms with van der Waals surface area (Å²) < 4.78 is 4.61. The number of ether oxygens (including phenoxy) is 1. The van der Waals surface area contributed by atoms with Crippen molar-refractivity contribution in [1.82, 2.24) is 4.90 Å². The van der Waals surface area contributed by atoms with Gasteiger partial charge < -0.3 is 15.0 Å². The van der Waals surface area contributed by atoms with Gasteiger partial charge in [0.05, 0.1) is 12.7 Å². The van der Waals surface area contributed by atoms with Crippen molar-refractivity contribution in [3.05, 3.63) is 29.3 Å². The molecule has 1 aromatic carbocycles. The maximum atomic E-state index is 11.4. The highest BCUT2D eigenvalue weighted by Gasteiger charge is 2.20. The fourth-order valence-corrected chi connectivity index (χ4v) is 1.61. The summed E-state index contributed by atoms with van der Waals surface area (Å²) in [5, 5.41) is 2.71. The third kappa shape index (κ3) is 1.71. The number of amides is 2. The fourth-order valence-electron chi connectivity index (χ4n) is 1.61. The van der Waals surface area contributed by atoms with Gasteiger partial charge in [0.15, 0.2) is 0 Å². The third-order valence-electron chi connectivity index (χ3n) is 2.53. The van der Waals surface area contributed by atoms with E-state index in [-0.39, 0.29) is 6.03 Å². The highest BCUT2D eigenvalue weighted by atomic mass is 16.5. The van der Waals surface area contributed by atoms with Crippen LogP contribution in [0.4, 0.5) is 10.5 Å². The zero-order valence-electron chi connectivity index (χ0n) is 9.11. The lowest BCUT2D eigenvalue weighted by Gasteiger charge is -2.26. The number of rotatable bonds is 1. The molecule has 0 fully saturated rings. The van der Waals surface area contributed by atoms with Crippen molar-refractivity contribution in [1.29, 1.82) is 0 Å². The van der Waals surface area contributed by atoms with Crippen LogP contribution in [0.5, 0.6) is 0 Å². The van der Waals surface area contributed by atoms with Gasteiger partial charge in [0.1, 0.15) is 0 Å². The van der Waals surface area contributed by atoms with Gasteiger partial charge >= 0.3 is 12.0 Å². The van der Waals surface area contributed by atoms with Crippen LogP contribution in [0.15, 0.2) is 18.2 Å². The van der Waals surface area contributed by atoms with Crippen molar-refractivity contribution < 1.29 is 14.3 Å². The summed E-state index contributed by atoms with van der Waals surface area (Å²) in [4.78, 5) is 24.3. The SMILES string of the molecule is COC(=O)c1ccc2c(c1)NC(=O)N(C)C2. The standard InChI is InChI=1S/C11H12N2O3/c1-13-6-8-4-3-7(10(14)16-2)5-9(8)12-11(13)15/h3-5H,6H2,1-2H3,(H,12,15). The van der Waals surface area contributed by atoms with Gasteiger partial charge in [-0.25, -0.2) is 9.59 Å². The molecule has 2 amide bonds. The second kappa shape index (κ2) is 3.84. The van der Waals surface area contributed by atoms with E-state index in [1.807, 2.05) is 6.07 Å². The van der Waals surface area contributed by atoms with E-state index in [2.05, 4.69) is 10.1 Å². The topological polar surface area (TPSA) is 58.6 Å². The molecule has 0 saturated heterocycles. The summed E-state index contributed by atoms with van der Waals surface area (Å²) in [6.07, 6.45) is 0. The van der Waals surface area contributed by atoms with Crippen LogP contribution in [0, 0.1) is 0 Å². The van der Waals surface area contributed by atoms with Crippen molar-refractivity contribution in [2.45, 2.75) is 6.54 Å². The monoisotopic (exact) mass is 220 g/mol. The van der Waals surface area contributed by atoms with Crippen LogP contribution in [0.1, 0.15) is 15.9 Å². The Bertz CT molecular complexity index is 457. The lowest BCUT2D eigenvalue weighted by molar-refractivity contribution is 0.0600. The molecule has 0 radical (unpaired) electrons. The molecule has 1 heterocycles. The molecule has 2 rings (SSSR count). The number of esters is 1. The number of hydrogen-bond acceptors (Lipinski definition) is 3. The average molecular weight is 220 g/mol. The molecule has 5 heteroatoms. The predicted octanol–water partition coefficient (Wildman–Crippen LogP) is 1.45. The maximum absolute atomic E-state index is 11.4. The molecule has 0 unspecified atom stereocenters. The predicted molar refractivity (Wildman–Crippen MR) is 58.3 cm³/mol. The Hall–Kier alpha value is -2.04. The number of anilines is 1. The van der Waals surface area contributed by atoms with E-state index >= 15 is 0 Å². The van der Waals surface area contributed by atoms with Crippen LogP contribution >= 0.6 is 0 Å². The lowest BCUT2D eigenvalue weighted by Crippen LogP contribution is -2.35. The van der Waals surface area contributed by atoms with Gasteiger partial charge in [0.25, 0.3) is 0 Å². The molecular weight excluding hydrogens is 208 g/mol. The van der Waals surface area contributed by atoms with Crippen molar-refractivity contribution in [2.75, 3.05) is 19.5 Å². The molecule has 1 aliphatic heterocycles. The van der Waals surface area contributed by atoms with E-state index in [1.165, 1.54) is 7.11 Å². The zero-order chi connectivity index (χ0) is 11.7. The van der Waals surface area contributed by atoms with Crippen LogP contribution in [0.25, 0.3) is 0 Å². The minimum atomic E-state index is -0.407. The minimum absolute atomic E-state index is 0.172. The minimum Gasteiger partial charge on any atom is -0.465 e. The molecule has 0 spiro atoms. The molecule has 0 atom stereocenters. The molecule has 0 saturated carbocycles. The van der Waals surface area contributed by atoms with Gasteiger partial charge in [-0.2, -0.15) is 0 Å². The number of nitrogens with zero attached hydrogens (tertiary/aromatic N) is 1. The second-order valence-electron chi connectivity index (χ2n) is 3.65. The van der Waals surface area contributed by atoms with Gasteiger partial charge in [-0.05, 0) is 17.7 Å². The Morgan fingerprint density at radius 1 is 1.50 bits per heavy atom. The Balaban J connectivity index is 2.36. The van der Waals surface area contributed by atoms with Crippen molar-refractivity contribution >= 4 is 17.7 Å². The van der Waals surface area contributed by atoms with Gasteiger partial charge in [0.2, 0.25) is 0 Å². The molecule has 0 aromatic heterocycles. The number of carbonyl (C=O) groups is 2. The van der Waals surface area contributed by atoms with E-state index in [0.717, 1.165) is 5.56 Å². The van der Waals surface area contributed by atoms with Gasteiger partial charge in [-0.15, -0.1) is 0 Å². The summed E-state index contributed by atoms with van der Waals surface area (Å²) in [6, 6.07) is 4.97. The lowest BCUT2D eigenvalue weighted by atomic mass is 10.1. The Kier molecular flexibility index (Phi) is 2.52. The maximum Gasteiger partial charge on any atom is 0.337 e. The van der Waals surface area contributed by atoms with Crippen LogP contribution in [0.2, 0.25) is 0 Å². The van der Waals surface area contributed by atoms with Crippen molar-refractivity contribution in [3.8, 4) is 0 Å². The Labute approximate surface area is 93.0 Å². The zero-order valence-corrected chi connectivity index (χ0v) is 9.11. The Morgan fingerprint density at radius 3 is 2.94 bits per heavy atom. The summed E-state index contributed by atoms with van der Waals surface area (Å²) >= 11 is 0. The van der Waals surface area contributed by atoms with Crippen LogP contribution in [-0.4, -0.2) is 31.1 Å². The molecule has 0 bridgehead atoms. The first kappa shape index (κ1) is 10.5. The Morgan fingerprint density at radius 2 is 2.25 bits per heavy atom. The van der Waals surface area contributed by atoms with Gasteiger partial charge in [-0.1, -0.05) is 6.07 Å². The average Bonchev–Trinajstić information content (AvgIpc) is 2.29. The highest BCUT2D eigenvalue weighted by Crippen LogP contribution is 2.23. The summed E-state index contributed by atoms with van der Waals surface area (Å²) in [5.41, 5.74) is 2.09. The van der Waals surface area contributed by atoms with E-state index < -0.39 is 5.97 Å². The molecule has 1 aliphatic rings. The van der Waals surface area contributed by atoms with E-state index in [4.69, 9.17) is 0 Å². The van der Waals surface area contributed by atoms with Crippen LogP contribution < -0.4 is 5.32 Å². The number of urea groups is 1. The third-order valence-corrected chi connectivity index (χ3v) is 2.53. The smallest absolute Gasteiger partial charge is 0.337 e. The second-order valence-corrected chi connectivity index (χ2v) is 3.65. The number of benzene rings is 1. The summed E-state index contributed by atoms with van der Waals surface area (Å²) in [7, 11) is 3.04. The summed E-state index contributed by atoms with van der Waals surface area (Å²) in [5.74, 6) is -0.407. The highest BCUT2D eigenvalue weighted by molar-refractivity contribution is 5.96. The molecular formula is C11H12N2O3. The number of nitrogens with one attached hydrogen (secondary N) is 1. The number of carbonyl (C=O) groups excluding carboxylic acids is 2. The number of fused-ring (bicyclic) bond motifs is 1. The normalized spacial score (nSPS) is 14.1. The quantitative estimate of drug-likeness (QED) is 0.729. The molecule has 0 aliphatic carbocycles. The molecule has 5 nitrogen and oxygen atoms in total. The first-order valence-electron chi connectivity index (χ1n) is 4.85. The molecule has 1 N–H and O–H groups in total. The van der Waals surface area contributed by atoms with E-state index in [9.17, 15) is 9.59 Å². The molecule has 1 aromatic rings.